The number of benzene rings is 2. The van der Waals surface area contributed by atoms with Crippen LogP contribution in [0, 0.1) is 10.1 Å². The standard InChI is InChI=1S/C15H13NO6/c17-15(18)11-4-6-13(7-5-11)21-8-9-22-14-3-1-2-12(10-14)16(19)20/h1-7,10H,8-9H2,(H,17,18). The SMILES string of the molecule is O=C(O)c1ccc(OCCOc2cccc([N+](=O)[O-])c2)cc1. The molecule has 2 rings (SSSR count). The zero-order valence-corrected chi connectivity index (χ0v) is 11.5. The van der Waals surface area contributed by atoms with Gasteiger partial charge in [-0.05, 0) is 30.3 Å². The quantitative estimate of drug-likeness (QED) is 0.479. The summed E-state index contributed by atoms with van der Waals surface area (Å²) in [5.41, 5.74) is 0.142. The summed E-state index contributed by atoms with van der Waals surface area (Å²) < 4.78 is 10.7. The van der Waals surface area contributed by atoms with Gasteiger partial charge in [0.25, 0.3) is 5.69 Å². The number of hydrogen-bond acceptors (Lipinski definition) is 5. The Balaban J connectivity index is 1.80. The number of carboxylic acids is 1. The van der Waals surface area contributed by atoms with Gasteiger partial charge in [-0.25, -0.2) is 4.79 Å². The summed E-state index contributed by atoms with van der Waals surface area (Å²) in [7, 11) is 0. The van der Waals surface area contributed by atoms with Crippen LogP contribution in [0.2, 0.25) is 0 Å². The Hall–Kier alpha value is -3.09. The summed E-state index contributed by atoms with van der Waals surface area (Å²) in [4.78, 5) is 20.8. The molecule has 0 radical (unpaired) electrons. The van der Waals surface area contributed by atoms with Gasteiger partial charge in [-0.1, -0.05) is 6.07 Å². The highest BCUT2D eigenvalue weighted by Gasteiger charge is 2.06. The van der Waals surface area contributed by atoms with Crippen LogP contribution in [0.25, 0.3) is 0 Å². The maximum atomic E-state index is 10.7. The molecule has 2 aromatic carbocycles. The van der Waals surface area contributed by atoms with Crippen molar-refractivity contribution < 1.29 is 24.3 Å². The van der Waals surface area contributed by atoms with Crippen LogP contribution in [-0.2, 0) is 0 Å². The van der Waals surface area contributed by atoms with Crippen molar-refractivity contribution in [3.05, 3.63) is 64.2 Å². The minimum atomic E-state index is -0.999. The lowest BCUT2D eigenvalue weighted by atomic mass is 10.2. The molecule has 0 atom stereocenters. The summed E-state index contributed by atoms with van der Waals surface area (Å²) in [6, 6.07) is 11.9. The zero-order chi connectivity index (χ0) is 15.9. The Morgan fingerprint density at radius 3 is 2.27 bits per heavy atom. The minimum absolute atomic E-state index is 0.0392. The van der Waals surface area contributed by atoms with Crippen LogP contribution in [0.4, 0.5) is 5.69 Å². The number of carboxylic acid groups (broad SMARTS) is 1. The normalized spacial score (nSPS) is 10.0. The molecular formula is C15H13NO6. The second kappa shape index (κ2) is 7.07. The van der Waals surface area contributed by atoms with Gasteiger partial charge >= 0.3 is 5.97 Å². The van der Waals surface area contributed by atoms with Crippen LogP contribution in [0.5, 0.6) is 11.5 Å². The van der Waals surface area contributed by atoms with Gasteiger partial charge in [0.15, 0.2) is 0 Å². The van der Waals surface area contributed by atoms with Gasteiger partial charge in [0.1, 0.15) is 24.7 Å². The molecule has 0 aliphatic carbocycles. The first-order valence-corrected chi connectivity index (χ1v) is 6.39. The highest BCUT2D eigenvalue weighted by Crippen LogP contribution is 2.19. The second-order valence-electron chi connectivity index (χ2n) is 4.28. The predicted molar refractivity (Wildman–Crippen MR) is 77.5 cm³/mol. The Morgan fingerprint density at radius 2 is 1.68 bits per heavy atom. The second-order valence-corrected chi connectivity index (χ2v) is 4.28. The summed E-state index contributed by atoms with van der Waals surface area (Å²) in [5, 5.41) is 19.4. The average Bonchev–Trinajstić information content (AvgIpc) is 2.52. The number of nitro groups is 1. The van der Waals surface area contributed by atoms with E-state index in [2.05, 4.69) is 0 Å². The molecule has 7 nitrogen and oxygen atoms in total. The molecule has 0 aromatic heterocycles. The molecule has 0 aliphatic rings. The lowest BCUT2D eigenvalue weighted by Crippen LogP contribution is -2.09. The van der Waals surface area contributed by atoms with Gasteiger partial charge in [0.05, 0.1) is 16.6 Å². The first kappa shape index (κ1) is 15.3. The van der Waals surface area contributed by atoms with Crippen LogP contribution >= 0.6 is 0 Å². The van der Waals surface area contributed by atoms with Crippen LogP contribution in [0.1, 0.15) is 10.4 Å². The van der Waals surface area contributed by atoms with Gasteiger partial charge in [0.2, 0.25) is 0 Å². The third kappa shape index (κ3) is 4.20. The van der Waals surface area contributed by atoms with Gasteiger partial charge < -0.3 is 14.6 Å². The Morgan fingerprint density at radius 1 is 1.05 bits per heavy atom. The summed E-state index contributed by atoms with van der Waals surface area (Å²) in [5.74, 6) is -0.0905. The molecule has 0 unspecified atom stereocenters. The molecule has 0 saturated carbocycles. The smallest absolute Gasteiger partial charge is 0.335 e. The molecule has 1 N–H and O–H groups in total. The lowest BCUT2D eigenvalue weighted by molar-refractivity contribution is -0.384. The molecule has 0 amide bonds. The average molecular weight is 303 g/mol. The molecule has 114 valence electrons. The predicted octanol–water partition coefficient (Wildman–Crippen LogP) is 2.75. The van der Waals surface area contributed by atoms with E-state index >= 15 is 0 Å². The van der Waals surface area contributed by atoms with E-state index in [0.717, 1.165) is 0 Å². The molecular weight excluding hydrogens is 290 g/mol. The van der Waals surface area contributed by atoms with Crippen molar-refractivity contribution in [1.82, 2.24) is 0 Å². The third-order valence-electron chi connectivity index (χ3n) is 2.75. The number of non-ortho nitro benzene ring substituents is 1. The Labute approximate surface area is 125 Å². The number of aromatic carboxylic acids is 1. The minimum Gasteiger partial charge on any atom is -0.490 e. The van der Waals surface area contributed by atoms with Crippen molar-refractivity contribution in [3.8, 4) is 11.5 Å². The lowest BCUT2D eigenvalue weighted by Gasteiger charge is -2.08. The molecule has 0 spiro atoms. The number of rotatable bonds is 7. The maximum Gasteiger partial charge on any atom is 0.335 e. The van der Waals surface area contributed by atoms with Crippen molar-refractivity contribution in [1.29, 1.82) is 0 Å². The largest absolute Gasteiger partial charge is 0.490 e. The number of nitro benzene ring substituents is 1. The van der Waals surface area contributed by atoms with Crippen LogP contribution in [0.15, 0.2) is 48.5 Å². The summed E-state index contributed by atoms with van der Waals surface area (Å²) >= 11 is 0. The highest BCUT2D eigenvalue weighted by molar-refractivity contribution is 5.87. The van der Waals surface area contributed by atoms with Gasteiger partial charge in [-0.3, -0.25) is 10.1 Å². The van der Waals surface area contributed by atoms with Crippen molar-refractivity contribution in [2.45, 2.75) is 0 Å². The topological polar surface area (TPSA) is 98.9 Å². The summed E-state index contributed by atoms with van der Waals surface area (Å²) in [6.07, 6.45) is 0. The van der Waals surface area contributed by atoms with Gasteiger partial charge in [0, 0.05) is 6.07 Å². The van der Waals surface area contributed by atoms with Crippen molar-refractivity contribution in [3.63, 3.8) is 0 Å². The van der Waals surface area contributed by atoms with E-state index in [1.807, 2.05) is 0 Å². The van der Waals surface area contributed by atoms with E-state index in [-0.39, 0.29) is 24.5 Å². The molecule has 2 aromatic rings. The molecule has 7 heteroatoms. The van der Waals surface area contributed by atoms with E-state index in [9.17, 15) is 14.9 Å². The van der Waals surface area contributed by atoms with E-state index in [4.69, 9.17) is 14.6 Å². The molecule has 0 saturated heterocycles. The summed E-state index contributed by atoms with van der Waals surface area (Å²) in [6.45, 7) is 0.441. The van der Waals surface area contributed by atoms with Crippen LogP contribution in [-0.4, -0.2) is 29.2 Å². The highest BCUT2D eigenvalue weighted by atomic mass is 16.6. The Bertz CT molecular complexity index is 668. The fourth-order valence-corrected chi connectivity index (χ4v) is 1.70. The van der Waals surface area contributed by atoms with Crippen LogP contribution < -0.4 is 9.47 Å². The first-order chi connectivity index (χ1) is 10.6. The van der Waals surface area contributed by atoms with Gasteiger partial charge in [-0.2, -0.15) is 0 Å². The van der Waals surface area contributed by atoms with E-state index in [0.29, 0.717) is 11.5 Å². The van der Waals surface area contributed by atoms with E-state index in [1.54, 1.807) is 24.3 Å². The maximum absolute atomic E-state index is 10.7. The monoisotopic (exact) mass is 303 g/mol. The number of hydrogen-bond donors (Lipinski definition) is 1. The molecule has 0 aliphatic heterocycles. The van der Waals surface area contributed by atoms with Crippen molar-refractivity contribution in [2.75, 3.05) is 13.2 Å². The Kier molecular flexibility index (Phi) is 4.92. The van der Waals surface area contributed by atoms with E-state index < -0.39 is 10.9 Å². The van der Waals surface area contributed by atoms with Crippen molar-refractivity contribution >= 4 is 11.7 Å². The molecule has 0 fully saturated rings. The number of nitrogens with zero attached hydrogens (tertiary/aromatic N) is 1. The molecule has 22 heavy (non-hydrogen) atoms. The first-order valence-electron chi connectivity index (χ1n) is 6.39. The van der Waals surface area contributed by atoms with Crippen molar-refractivity contribution in [2.24, 2.45) is 0 Å². The third-order valence-corrected chi connectivity index (χ3v) is 2.75. The van der Waals surface area contributed by atoms with Crippen LogP contribution in [0.3, 0.4) is 0 Å². The van der Waals surface area contributed by atoms with Gasteiger partial charge in [-0.15, -0.1) is 0 Å². The fourth-order valence-electron chi connectivity index (χ4n) is 1.70. The molecule has 0 bridgehead atoms. The molecule has 0 heterocycles. The number of carbonyl (C=O) groups is 1. The fraction of sp³-hybridized carbons (Fsp3) is 0.133. The number of ether oxygens (including phenoxy) is 2. The zero-order valence-electron chi connectivity index (χ0n) is 11.5. The van der Waals surface area contributed by atoms with E-state index in [1.165, 1.54) is 24.3 Å².